The number of hydrogen-bond acceptors (Lipinski definition) is 2. The molecule has 0 aliphatic heterocycles. The van der Waals surface area contributed by atoms with Gasteiger partial charge in [0.1, 0.15) is 0 Å². The molecular weight excluding hydrogens is 115 g/mol. The van der Waals surface area contributed by atoms with Gasteiger partial charge in [-0.3, -0.25) is 0 Å². The molecule has 7 heavy (non-hydrogen) atoms. The largest absolute Gasteiger partial charge is 0.409 e. The zero-order chi connectivity index (χ0) is 5.86. The summed E-state index contributed by atoms with van der Waals surface area (Å²) in [5.41, 5.74) is 4.98. The third kappa shape index (κ3) is 2.28. The average molecular weight is 123 g/mol. The molecule has 0 rings (SSSR count). The number of rotatable bonds is 1. The molecule has 0 radical (unpaired) electrons. The highest BCUT2D eigenvalue weighted by Crippen LogP contribution is 1.90. The summed E-state index contributed by atoms with van der Waals surface area (Å²) in [6.45, 7) is 1.62. The van der Waals surface area contributed by atoms with Crippen molar-refractivity contribution in [2.45, 2.75) is 12.3 Å². The second kappa shape index (κ2) is 2.69. The monoisotopic (exact) mass is 122 g/mol. The van der Waals surface area contributed by atoms with E-state index in [9.17, 15) is 0 Å². The predicted molar refractivity (Wildman–Crippen MR) is 28.7 cm³/mol. The van der Waals surface area contributed by atoms with Crippen LogP contribution in [0.3, 0.4) is 0 Å². The molecule has 0 fully saturated rings. The number of halogens is 1. The topological polar surface area (TPSA) is 58.6 Å². The minimum Gasteiger partial charge on any atom is -0.409 e. The molecule has 0 aromatic heterocycles. The van der Waals surface area contributed by atoms with E-state index in [0.717, 1.165) is 0 Å². The summed E-state index contributed by atoms with van der Waals surface area (Å²) in [5, 5.41) is 10.1. The first-order chi connectivity index (χ1) is 3.18. The van der Waals surface area contributed by atoms with Crippen LogP contribution < -0.4 is 5.73 Å². The van der Waals surface area contributed by atoms with Crippen molar-refractivity contribution in [1.82, 2.24) is 0 Å². The molecule has 0 bridgehead atoms. The quantitative estimate of drug-likeness (QED) is 0.174. The van der Waals surface area contributed by atoms with Crippen molar-refractivity contribution in [3.63, 3.8) is 0 Å². The maximum atomic E-state index is 7.88. The van der Waals surface area contributed by atoms with Gasteiger partial charge in [0.25, 0.3) is 0 Å². The second-order valence-electron chi connectivity index (χ2n) is 1.14. The molecule has 0 spiro atoms. The van der Waals surface area contributed by atoms with Crippen LogP contribution in [0.5, 0.6) is 0 Å². The van der Waals surface area contributed by atoms with E-state index in [1.807, 2.05) is 0 Å². The van der Waals surface area contributed by atoms with Crippen molar-refractivity contribution in [2.75, 3.05) is 0 Å². The Kier molecular flexibility index (Phi) is 2.52. The van der Waals surface area contributed by atoms with Crippen LogP contribution in [0.1, 0.15) is 6.92 Å². The van der Waals surface area contributed by atoms with Gasteiger partial charge in [0.15, 0.2) is 5.84 Å². The van der Waals surface area contributed by atoms with E-state index in [2.05, 4.69) is 5.16 Å². The number of nitrogens with zero attached hydrogens (tertiary/aromatic N) is 1. The maximum Gasteiger partial charge on any atom is 0.156 e. The maximum absolute atomic E-state index is 7.88. The van der Waals surface area contributed by atoms with Crippen molar-refractivity contribution in [1.29, 1.82) is 0 Å². The van der Waals surface area contributed by atoms with E-state index < -0.39 is 0 Å². The third-order valence-corrected chi connectivity index (χ3v) is 0.747. The lowest BCUT2D eigenvalue weighted by Crippen LogP contribution is -2.20. The van der Waals surface area contributed by atoms with Gasteiger partial charge in [0.05, 0.1) is 5.38 Å². The van der Waals surface area contributed by atoms with Gasteiger partial charge >= 0.3 is 0 Å². The Morgan fingerprint density at radius 3 is 2.43 bits per heavy atom. The fourth-order valence-corrected chi connectivity index (χ4v) is 0.123. The lowest BCUT2D eigenvalue weighted by Gasteiger charge is -1.94. The first-order valence-electron chi connectivity index (χ1n) is 1.80. The molecule has 0 aromatic rings. The smallest absolute Gasteiger partial charge is 0.156 e. The predicted octanol–water partition coefficient (Wildman–Crippen LogP) is 0.360. The van der Waals surface area contributed by atoms with E-state index in [-0.39, 0.29) is 11.2 Å². The summed E-state index contributed by atoms with van der Waals surface area (Å²) < 4.78 is 0. The van der Waals surface area contributed by atoms with Crippen LogP contribution in [0, 0.1) is 0 Å². The minimum atomic E-state index is -0.384. The van der Waals surface area contributed by atoms with Crippen molar-refractivity contribution in [2.24, 2.45) is 10.9 Å². The van der Waals surface area contributed by atoms with Gasteiger partial charge in [0.2, 0.25) is 0 Å². The van der Waals surface area contributed by atoms with Gasteiger partial charge in [-0.1, -0.05) is 5.16 Å². The van der Waals surface area contributed by atoms with Gasteiger partial charge in [-0.15, -0.1) is 11.6 Å². The van der Waals surface area contributed by atoms with Crippen molar-refractivity contribution >= 4 is 17.4 Å². The van der Waals surface area contributed by atoms with E-state index >= 15 is 0 Å². The number of nitrogens with two attached hydrogens (primary N) is 1. The van der Waals surface area contributed by atoms with Crippen LogP contribution in [-0.2, 0) is 0 Å². The Bertz CT molecular complexity index is 81.0. The first-order valence-corrected chi connectivity index (χ1v) is 2.23. The Labute approximate surface area is 46.8 Å². The lowest BCUT2D eigenvalue weighted by atomic mass is 10.4. The highest BCUT2D eigenvalue weighted by atomic mass is 35.5. The molecule has 0 aliphatic carbocycles. The number of alkyl halides is 1. The van der Waals surface area contributed by atoms with Gasteiger partial charge < -0.3 is 10.9 Å². The standard InChI is InChI=1S/C3H7ClN2O/c1-2(4)3(5)6-7/h2,7H,1H3,(H2,5,6). The van der Waals surface area contributed by atoms with Crippen LogP contribution in [0.2, 0.25) is 0 Å². The Morgan fingerprint density at radius 1 is 2.00 bits per heavy atom. The first kappa shape index (κ1) is 6.56. The number of hydrogen-bond donors (Lipinski definition) is 2. The summed E-state index contributed by atoms with van der Waals surface area (Å²) in [6.07, 6.45) is 0. The lowest BCUT2D eigenvalue weighted by molar-refractivity contribution is 0.317. The summed E-state index contributed by atoms with van der Waals surface area (Å²) in [7, 11) is 0. The molecule has 1 atom stereocenters. The Balaban J connectivity index is 3.56. The number of amidine groups is 1. The summed E-state index contributed by atoms with van der Waals surface area (Å²) >= 11 is 5.31. The Hall–Kier alpha value is -0.440. The molecule has 0 heterocycles. The van der Waals surface area contributed by atoms with Gasteiger partial charge in [-0.2, -0.15) is 0 Å². The second-order valence-corrected chi connectivity index (χ2v) is 1.80. The molecule has 4 heteroatoms. The zero-order valence-electron chi connectivity index (χ0n) is 3.93. The highest BCUT2D eigenvalue weighted by molar-refractivity contribution is 6.31. The molecule has 0 aromatic carbocycles. The molecular formula is C3H7ClN2O. The van der Waals surface area contributed by atoms with Crippen LogP contribution >= 0.6 is 11.6 Å². The number of oxime groups is 1. The molecule has 0 saturated heterocycles. The highest BCUT2D eigenvalue weighted by Gasteiger charge is 1.98. The molecule has 1 unspecified atom stereocenters. The molecule has 0 amide bonds. The minimum absolute atomic E-state index is 0.0432. The van der Waals surface area contributed by atoms with E-state index in [0.29, 0.717) is 0 Å². The third-order valence-electron chi connectivity index (χ3n) is 0.523. The summed E-state index contributed by atoms with van der Waals surface area (Å²) in [6, 6.07) is 0. The molecule has 3 N–H and O–H groups in total. The van der Waals surface area contributed by atoms with E-state index in [1.54, 1.807) is 6.92 Å². The molecule has 42 valence electrons. The molecule has 3 nitrogen and oxygen atoms in total. The van der Waals surface area contributed by atoms with Crippen LogP contribution in [-0.4, -0.2) is 16.4 Å². The fourth-order valence-electron chi connectivity index (χ4n) is 0.0796. The average Bonchev–Trinajstić information content (AvgIpc) is 1.65. The van der Waals surface area contributed by atoms with Crippen molar-refractivity contribution in [3.8, 4) is 0 Å². The van der Waals surface area contributed by atoms with Crippen LogP contribution in [0.4, 0.5) is 0 Å². The normalized spacial score (nSPS) is 16.6. The zero-order valence-corrected chi connectivity index (χ0v) is 4.68. The van der Waals surface area contributed by atoms with Crippen molar-refractivity contribution in [3.05, 3.63) is 0 Å². The van der Waals surface area contributed by atoms with Crippen LogP contribution in [0.15, 0.2) is 5.16 Å². The summed E-state index contributed by atoms with van der Waals surface area (Å²) in [4.78, 5) is 0. The van der Waals surface area contributed by atoms with Crippen molar-refractivity contribution < 1.29 is 5.21 Å². The van der Waals surface area contributed by atoms with Crippen LogP contribution in [0.25, 0.3) is 0 Å². The Morgan fingerprint density at radius 2 is 2.43 bits per heavy atom. The molecule has 0 aliphatic rings. The SMILES string of the molecule is CC(Cl)/C(N)=N\O. The van der Waals surface area contributed by atoms with E-state index in [4.69, 9.17) is 22.5 Å². The van der Waals surface area contributed by atoms with Gasteiger partial charge in [-0.25, -0.2) is 0 Å². The summed E-state index contributed by atoms with van der Waals surface area (Å²) in [5.74, 6) is 0.0432. The fraction of sp³-hybridized carbons (Fsp3) is 0.667. The molecule has 0 saturated carbocycles. The van der Waals surface area contributed by atoms with E-state index in [1.165, 1.54) is 0 Å². The van der Waals surface area contributed by atoms with Gasteiger partial charge in [-0.05, 0) is 6.92 Å². The van der Waals surface area contributed by atoms with Gasteiger partial charge in [0, 0.05) is 0 Å².